The molecule has 5 nitrogen and oxygen atoms in total. The van der Waals surface area contributed by atoms with Gasteiger partial charge in [-0.2, -0.15) is 4.99 Å². The van der Waals surface area contributed by atoms with Gasteiger partial charge in [-0.3, -0.25) is 15.1 Å². The third kappa shape index (κ3) is 4.30. The van der Waals surface area contributed by atoms with E-state index in [-0.39, 0.29) is 12.0 Å². The van der Waals surface area contributed by atoms with Crippen molar-refractivity contribution in [1.82, 2.24) is 4.90 Å². The molecular weight excluding hydrogens is 310 g/mol. The van der Waals surface area contributed by atoms with Gasteiger partial charge in [0.1, 0.15) is 0 Å². The Hall–Kier alpha value is -0.810. The van der Waals surface area contributed by atoms with Crippen LogP contribution in [-0.2, 0) is 0 Å². The highest BCUT2D eigenvalue weighted by Gasteiger charge is 2.55. The lowest BCUT2D eigenvalue weighted by Crippen LogP contribution is -2.79. The second-order valence-corrected chi connectivity index (χ2v) is 8.78. The summed E-state index contributed by atoms with van der Waals surface area (Å²) < 4.78 is 0.795. The summed E-state index contributed by atoms with van der Waals surface area (Å²) in [5.41, 5.74) is 12.9. The molecule has 0 amide bonds. The lowest BCUT2D eigenvalue weighted by Gasteiger charge is -2.58. The minimum Gasteiger partial charge on any atom is -0.369 e. The average molecular weight is 353 g/mol. The first-order chi connectivity index (χ1) is 11.8. The molecule has 0 radical (unpaired) electrons. The Kier molecular flexibility index (Phi) is 7.15. The van der Waals surface area contributed by atoms with Crippen LogP contribution in [0.1, 0.15) is 91.4 Å². The van der Waals surface area contributed by atoms with E-state index in [0.717, 1.165) is 17.4 Å². The Bertz CT molecular complexity index is 441. The lowest BCUT2D eigenvalue weighted by atomic mass is 9.89. The Morgan fingerprint density at radius 2 is 1.68 bits per heavy atom. The molecule has 2 atom stereocenters. The third-order valence-corrected chi connectivity index (χ3v) is 6.82. The number of aliphatic imine (C=N–C) groups is 1. The number of unbranched alkanes of at least 4 members (excludes halogenated alkanes) is 5. The molecule has 4 N–H and O–H groups in total. The molecule has 0 aromatic heterocycles. The number of rotatable bonds is 8. The van der Waals surface area contributed by atoms with Gasteiger partial charge in [-0.25, -0.2) is 0 Å². The molecule has 5 heteroatoms. The molecule has 0 spiro atoms. The molecule has 2 unspecified atom stereocenters. The van der Waals surface area contributed by atoms with Crippen molar-refractivity contribution in [3.05, 3.63) is 0 Å². The summed E-state index contributed by atoms with van der Waals surface area (Å²) in [5, 5.41) is 0. The lowest BCUT2D eigenvalue weighted by molar-refractivity contribution is -1.01. The van der Waals surface area contributed by atoms with E-state index in [1.54, 1.807) is 0 Å². The van der Waals surface area contributed by atoms with E-state index in [0.29, 0.717) is 12.0 Å². The van der Waals surface area contributed by atoms with Gasteiger partial charge in [-0.05, 0) is 32.1 Å². The van der Waals surface area contributed by atoms with E-state index in [1.807, 2.05) is 0 Å². The van der Waals surface area contributed by atoms with Crippen LogP contribution >= 0.6 is 0 Å². The van der Waals surface area contributed by atoms with Crippen molar-refractivity contribution in [1.29, 1.82) is 0 Å². The van der Waals surface area contributed by atoms with E-state index in [1.165, 1.54) is 64.2 Å². The summed E-state index contributed by atoms with van der Waals surface area (Å²) in [5.74, 6) is 0.637. The summed E-state index contributed by atoms with van der Waals surface area (Å²) >= 11 is 0. The molecule has 1 fully saturated rings. The van der Waals surface area contributed by atoms with Crippen LogP contribution < -0.4 is 11.5 Å². The number of guanidine groups is 1. The maximum atomic E-state index is 6.85. The second kappa shape index (κ2) is 8.72. The van der Waals surface area contributed by atoms with Crippen molar-refractivity contribution in [3.63, 3.8) is 0 Å². The summed E-state index contributed by atoms with van der Waals surface area (Å²) in [6.45, 7) is 7.60. The van der Waals surface area contributed by atoms with E-state index in [2.05, 4.69) is 32.7 Å². The van der Waals surface area contributed by atoms with Gasteiger partial charge in [0.15, 0.2) is 5.66 Å². The molecule has 0 saturated heterocycles. The van der Waals surface area contributed by atoms with Gasteiger partial charge in [0.2, 0.25) is 12.2 Å². The largest absolute Gasteiger partial charge is 0.369 e. The highest BCUT2D eigenvalue weighted by Crippen LogP contribution is 2.39. The monoisotopic (exact) mass is 352 g/mol. The van der Waals surface area contributed by atoms with Crippen LogP contribution in [0.3, 0.4) is 0 Å². The fraction of sp³-hybridized carbons (Fsp3) is 0.950. The fourth-order valence-electron chi connectivity index (χ4n) is 4.79. The summed E-state index contributed by atoms with van der Waals surface area (Å²) in [4.78, 5) is 7.10. The Labute approximate surface area is 155 Å². The molecule has 146 valence electrons. The molecule has 2 aliphatic rings. The topological polar surface area (TPSA) is 67.6 Å². The first-order valence-electron chi connectivity index (χ1n) is 10.6. The average Bonchev–Trinajstić information content (AvgIpc) is 2.59. The van der Waals surface area contributed by atoms with Gasteiger partial charge >= 0.3 is 0 Å². The molecule has 1 saturated carbocycles. The number of hydrogen-bond donors (Lipinski definition) is 2. The van der Waals surface area contributed by atoms with Crippen molar-refractivity contribution in [2.75, 3.05) is 13.6 Å². The smallest absolute Gasteiger partial charge is 0.224 e. The molecule has 1 aliphatic carbocycles. The first kappa shape index (κ1) is 20.5. The maximum Gasteiger partial charge on any atom is 0.224 e. The molecule has 0 bridgehead atoms. The second-order valence-electron chi connectivity index (χ2n) is 8.78. The Morgan fingerprint density at radius 1 is 1.08 bits per heavy atom. The van der Waals surface area contributed by atoms with Crippen LogP contribution in [0.25, 0.3) is 0 Å². The normalized spacial score (nSPS) is 30.4. The van der Waals surface area contributed by atoms with Crippen molar-refractivity contribution >= 4 is 5.96 Å². The third-order valence-electron chi connectivity index (χ3n) is 6.82. The number of nitrogens with zero attached hydrogens (tertiary/aromatic N) is 3. The van der Waals surface area contributed by atoms with Gasteiger partial charge in [-0.1, -0.05) is 45.4 Å². The summed E-state index contributed by atoms with van der Waals surface area (Å²) in [7, 11) is 2.31. The maximum absolute atomic E-state index is 6.85. The molecule has 1 aliphatic heterocycles. The van der Waals surface area contributed by atoms with Crippen molar-refractivity contribution < 1.29 is 4.48 Å². The molecule has 0 aromatic carbocycles. The predicted molar refractivity (Wildman–Crippen MR) is 107 cm³/mol. The van der Waals surface area contributed by atoms with Crippen LogP contribution in [0.4, 0.5) is 0 Å². The van der Waals surface area contributed by atoms with Crippen molar-refractivity contribution in [2.45, 2.75) is 109 Å². The van der Waals surface area contributed by atoms with Crippen molar-refractivity contribution in [2.24, 2.45) is 16.5 Å². The Balaban J connectivity index is 2.05. The zero-order valence-electron chi connectivity index (χ0n) is 17.1. The zero-order chi connectivity index (χ0) is 18.5. The van der Waals surface area contributed by atoms with E-state index < -0.39 is 0 Å². The van der Waals surface area contributed by atoms with E-state index in [9.17, 15) is 0 Å². The quantitative estimate of drug-likeness (QED) is 0.516. The van der Waals surface area contributed by atoms with Crippen LogP contribution in [-0.4, -0.2) is 46.9 Å². The van der Waals surface area contributed by atoms with Crippen LogP contribution in [0, 0.1) is 0 Å². The minimum atomic E-state index is -0.261. The van der Waals surface area contributed by atoms with Crippen LogP contribution in [0.5, 0.6) is 0 Å². The molecular formula is C20H42N5+. The van der Waals surface area contributed by atoms with Crippen LogP contribution in [0.2, 0.25) is 0 Å². The molecule has 25 heavy (non-hydrogen) atoms. The molecule has 1 heterocycles. The van der Waals surface area contributed by atoms with Gasteiger partial charge in [0.25, 0.3) is 0 Å². The van der Waals surface area contributed by atoms with Gasteiger partial charge < -0.3 is 5.73 Å². The first-order valence-corrected chi connectivity index (χ1v) is 10.6. The van der Waals surface area contributed by atoms with E-state index >= 15 is 0 Å². The zero-order valence-corrected chi connectivity index (χ0v) is 17.1. The van der Waals surface area contributed by atoms with Gasteiger partial charge in [-0.15, -0.1) is 0 Å². The van der Waals surface area contributed by atoms with Gasteiger partial charge in [0.05, 0.1) is 13.1 Å². The van der Waals surface area contributed by atoms with Gasteiger partial charge in [0, 0.05) is 20.4 Å². The summed E-state index contributed by atoms with van der Waals surface area (Å²) in [6.07, 6.45) is 14.1. The summed E-state index contributed by atoms with van der Waals surface area (Å²) in [6, 6.07) is 0.586. The highest BCUT2D eigenvalue weighted by atomic mass is 15.6. The fourth-order valence-corrected chi connectivity index (χ4v) is 4.79. The number of quaternary nitrogens is 1. The highest BCUT2D eigenvalue weighted by molar-refractivity contribution is 5.79. The molecule has 2 rings (SSSR count). The minimum absolute atomic E-state index is 0.0914. The molecule has 0 aromatic rings. The number of hydrogen-bond acceptors (Lipinski definition) is 4. The number of nitrogens with two attached hydrogens (primary N) is 2. The predicted octanol–water partition coefficient (Wildman–Crippen LogP) is 3.73. The SMILES string of the molecule is CCCCCCCCN1C(N)=NC(C)(C)[N+](C)(C2CCCCC2)C1N. The van der Waals surface area contributed by atoms with Crippen LogP contribution in [0.15, 0.2) is 4.99 Å². The van der Waals surface area contributed by atoms with Crippen molar-refractivity contribution in [3.8, 4) is 0 Å². The van der Waals surface area contributed by atoms with E-state index in [4.69, 9.17) is 16.5 Å². The Morgan fingerprint density at radius 3 is 2.32 bits per heavy atom. The standard InChI is InChI=1S/C20H42N5/c1-5-6-7-8-9-13-16-24-18(21)23-20(2,3)25(4,19(24)22)17-14-11-10-12-15-17/h17,19H,5-16,22H2,1-4H3,(H2,21,23)/q+1.